The summed E-state index contributed by atoms with van der Waals surface area (Å²) in [6.07, 6.45) is 7.43. The highest BCUT2D eigenvalue weighted by atomic mass is 32.2. The van der Waals surface area contributed by atoms with E-state index in [1.165, 1.54) is 15.9 Å². The van der Waals surface area contributed by atoms with Gasteiger partial charge in [0.25, 0.3) is 5.91 Å². The van der Waals surface area contributed by atoms with Crippen molar-refractivity contribution in [2.24, 2.45) is 5.92 Å². The molecule has 14 nitrogen and oxygen atoms in total. The summed E-state index contributed by atoms with van der Waals surface area (Å²) in [5, 5.41) is 4.88. The number of benzene rings is 1. The van der Waals surface area contributed by atoms with E-state index in [0.717, 1.165) is 25.7 Å². The van der Waals surface area contributed by atoms with Gasteiger partial charge in [0, 0.05) is 24.4 Å². The van der Waals surface area contributed by atoms with Gasteiger partial charge in [-0.05, 0) is 69.4 Å². The van der Waals surface area contributed by atoms with Crippen molar-refractivity contribution in [3.05, 3.63) is 47.3 Å². The van der Waals surface area contributed by atoms with Gasteiger partial charge in [-0.1, -0.05) is 44.1 Å². The number of carbonyl (C=O) groups excluding carboxylic acids is 5. The summed E-state index contributed by atoms with van der Waals surface area (Å²) in [6, 6.07) is 2.35. The molecule has 16 heteroatoms. The average molecular weight is 744 g/mol. The van der Waals surface area contributed by atoms with Crippen LogP contribution in [0.3, 0.4) is 0 Å². The Morgan fingerprint density at radius 1 is 1.08 bits per heavy atom. The number of rotatable bonds is 7. The maximum Gasteiger partial charge on any atom is 0.410 e. The monoisotopic (exact) mass is 743 g/mol. The second kappa shape index (κ2) is 14.0. The van der Waals surface area contributed by atoms with Crippen LogP contribution in [0.5, 0.6) is 0 Å². The first-order chi connectivity index (χ1) is 24.8. The van der Waals surface area contributed by atoms with Crippen molar-refractivity contribution in [2.75, 3.05) is 6.54 Å². The fraction of sp³-hybridized carbons (Fsp3) is 0.639. The summed E-state index contributed by atoms with van der Waals surface area (Å²) in [5.41, 5.74) is -1.05. The maximum absolute atomic E-state index is 14.4. The Morgan fingerprint density at radius 2 is 1.87 bits per heavy atom. The van der Waals surface area contributed by atoms with Crippen molar-refractivity contribution in [3.63, 3.8) is 0 Å². The van der Waals surface area contributed by atoms with E-state index in [-0.39, 0.29) is 38.9 Å². The fourth-order valence-corrected chi connectivity index (χ4v) is 8.97. The molecule has 4 fully saturated rings. The third kappa shape index (κ3) is 7.48. The van der Waals surface area contributed by atoms with E-state index in [1.807, 2.05) is 19.1 Å². The van der Waals surface area contributed by atoms with Crippen molar-refractivity contribution >= 4 is 39.9 Å². The number of sulfonamides is 1. The summed E-state index contributed by atoms with van der Waals surface area (Å²) >= 11 is 0. The minimum absolute atomic E-state index is 0.00375. The van der Waals surface area contributed by atoms with Gasteiger partial charge in [0.1, 0.15) is 35.1 Å². The molecule has 3 heterocycles. The molecule has 6 aliphatic rings. The van der Waals surface area contributed by atoms with Crippen LogP contribution >= 0.6 is 0 Å². The molecule has 1 aromatic rings. The first kappa shape index (κ1) is 36.2. The van der Waals surface area contributed by atoms with Gasteiger partial charge >= 0.3 is 12.2 Å². The molecule has 0 aromatic heterocycles. The normalized spacial score (nSPS) is 30.3. The quantitative estimate of drug-likeness (QED) is 0.354. The molecule has 282 valence electrons. The highest BCUT2D eigenvalue weighted by Crippen LogP contribution is 2.46. The molecule has 5 atom stereocenters. The Kier molecular flexibility index (Phi) is 9.72. The molecule has 1 aromatic carbocycles. The summed E-state index contributed by atoms with van der Waals surface area (Å²) < 4.78 is 53.6. The lowest BCUT2D eigenvalue weighted by atomic mass is 10.0. The molecule has 1 saturated heterocycles. The largest absolute Gasteiger partial charge is 0.444 e. The Labute approximate surface area is 302 Å². The Balaban J connectivity index is 1.13. The summed E-state index contributed by atoms with van der Waals surface area (Å²) in [6.45, 7) is 1.89. The Bertz CT molecular complexity index is 1780. The average Bonchev–Trinajstić information content (AvgIpc) is 4.06. The van der Waals surface area contributed by atoms with Gasteiger partial charge in [0.05, 0.1) is 18.3 Å². The zero-order valence-corrected chi connectivity index (χ0v) is 30.1. The first-order valence-corrected chi connectivity index (χ1v) is 19.9. The van der Waals surface area contributed by atoms with Crippen molar-refractivity contribution in [3.8, 4) is 0 Å². The highest BCUT2D eigenvalue weighted by Gasteiger charge is 2.62. The van der Waals surface area contributed by atoms with E-state index in [0.29, 0.717) is 43.2 Å². The zero-order chi connectivity index (χ0) is 36.8. The van der Waals surface area contributed by atoms with E-state index in [4.69, 9.17) is 9.47 Å². The number of amides is 5. The molecule has 0 bridgehead atoms. The van der Waals surface area contributed by atoms with Gasteiger partial charge in [-0.15, -0.1) is 0 Å². The summed E-state index contributed by atoms with van der Waals surface area (Å²) in [7, 11) is -3.92. The van der Waals surface area contributed by atoms with Crippen molar-refractivity contribution in [1.29, 1.82) is 0 Å². The molecule has 3 aliphatic heterocycles. The number of ether oxygens (including phenoxy) is 2. The van der Waals surface area contributed by atoms with Crippen LogP contribution < -0.4 is 15.4 Å². The van der Waals surface area contributed by atoms with Gasteiger partial charge < -0.3 is 25.0 Å². The van der Waals surface area contributed by atoms with E-state index >= 15 is 0 Å². The fourth-order valence-electron chi connectivity index (χ4n) is 7.61. The number of nitrogens with zero attached hydrogens (tertiary/aromatic N) is 2. The highest BCUT2D eigenvalue weighted by molar-refractivity contribution is 7.91. The third-order valence-corrected chi connectivity index (χ3v) is 13.2. The second-order valence-electron chi connectivity index (χ2n) is 15.1. The zero-order valence-electron chi connectivity index (χ0n) is 29.2. The molecule has 3 saturated carbocycles. The van der Waals surface area contributed by atoms with Crippen LogP contribution in [0.15, 0.2) is 30.4 Å². The SMILES string of the molecule is CCC1(OC(=O)N[C@H]2CCCCC/C=C\[C@@H]3C[C@@]3(C(=O)NS(=O)(=O)C3CC3)NC(=O)C3C[C@@H](OC(=O)N4Cc5cccc(F)c5C4)CN3C2=O)CC1. The standard InChI is InChI=1S/C36H46FN5O9S/c1-2-35(15-16-35)51-33(46)38-28-12-7-5-3-4-6-10-23-18-36(23,32(45)40-52(48,49)25-13-14-25)39-30(43)29-17-24(20-42(29)31(28)44)50-34(47)41-19-22-9-8-11-27(37)26(22)21-41/h6,8-11,23-25,28-29H,2-5,7,12-21H2,1H3,(H,38,46)(H,39,43)(H,40,45)/b10-6-/t23-,24-,28+,29?,36-/m1/s1. The Hall–Kier alpha value is -4.21. The molecule has 3 N–H and O–H groups in total. The van der Waals surface area contributed by atoms with Crippen molar-refractivity contribution in [2.45, 2.75) is 132 Å². The summed E-state index contributed by atoms with van der Waals surface area (Å²) in [5.74, 6) is -3.01. The molecular weight excluding hydrogens is 697 g/mol. The molecular formula is C36H46FN5O9S. The number of halogens is 1. The molecule has 3 aliphatic carbocycles. The molecule has 52 heavy (non-hydrogen) atoms. The minimum Gasteiger partial charge on any atom is -0.444 e. The smallest absolute Gasteiger partial charge is 0.410 e. The lowest BCUT2D eigenvalue weighted by Gasteiger charge is -2.30. The lowest BCUT2D eigenvalue weighted by molar-refractivity contribution is -0.141. The number of hydrogen-bond acceptors (Lipinski definition) is 9. The predicted octanol–water partition coefficient (Wildman–Crippen LogP) is 3.29. The van der Waals surface area contributed by atoms with Crippen LogP contribution in [0.4, 0.5) is 14.0 Å². The van der Waals surface area contributed by atoms with E-state index in [2.05, 4.69) is 15.4 Å². The number of alkyl carbamates (subject to hydrolysis) is 1. The number of allylic oxidation sites excluding steroid dienone is 1. The first-order valence-electron chi connectivity index (χ1n) is 18.4. The van der Waals surface area contributed by atoms with Crippen molar-refractivity contribution in [1.82, 2.24) is 25.2 Å². The van der Waals surface area contributed by atoms with Gasteiger partial charge in [0.15, 0.2) is 0 Å². The molecule has 0 radical (unpaired) electrons. The van der Waals surface area contributed by atoms with E-state index in [9.17, 15) is 36.8 Å². The van der Waals surface area contributed by atoms with E-state index < -0.39 is 86.2 Å². The van der Waals surface area contributed by atoms with Crippen LogP contribution in [0.1, 0.15) is 95.1 Å². The van der Waals surface area contributed by atoms with Crippen LogP contribution in [0.2, 0.25) is 0 Å². The number of carbonyl (C=O) groups is 5. The predicted molar refractivity (Wildman–Crippen MR) is 183 cm³/mol. The minimum atomic E-state index is -3.92. The van der Waals surface area contributed by atoms with Gasteiger partial charge in [-0.3, -0.25) is 24.0 Å². The van der Waals surface area contributed by atoms with Gasteiger partial charge in [0.2, 0.25) is 21.8 Å². The van der Waals surface area contributed by atoms with Gasteiger partial charge in [-0.2, -0.15) is 0 Å². The second-order valence-corrected chi connectivity index (χ2v) is 17.1. The number of nitrogens with one attached hydrogen (secondary N) is 3. The maximum atomic E-state index is 14.4. The third-order valence-electron chi connectivity index (χ3n) is 11.3. The van der Waals surface area contributed by atoms with Crippen molar-refractivity contribution < 1.29 is 46.3 Å². The molecule has 7 rings (SSSR count). The molecule has 5 amide bonds. The summed E-state index contributed by atoms with van der Waals surface area (Å²) in [4.78, 5) is 71.2. The topological polar surface area (TPSA) is 181 Å². The molecule has 1 unspecified atom stereocenters. The lowest BCUT2D eigenvalue weighted by Crippen LogP contribution is -2.58. The number of hydrogen-bond donors (Lipinski definition) is 3. The van der Waals surface area contributed by atoms with E-state index in [1.54, 1.807) is 12.1 Å². The van der Waals surface area contributed by atoms with Crippen LogP contribution in [0, 0.1) is 11.7 Å². The Morgan fingerprint density at radius 3 is 2.58 bits per heavy atom. The van der Waals surface area contributed by atoms with Crippen LogP contribution in [-0.2, 0) is 47.0 Å². The van der Waals surface area contributed by atoms with Gasteiger partial charge in [-0.25, -0.2) is 22.4 Å². The van der Waals surface area contributed by atoms with Crippen LogP contribution in [-0.4, -0.2) is 89.2 Å². The van der Waals surface area contributed by atoms with Crippen LogP contribution in [0.25, 0.3) is 0 Å². The number of fused-ring (bicyclic) bond motifs is 3. The molecule has 0 spiro atoms.